The Morgan fingerprint density at radius 3 is 2.86 bits per heavy atom. The summed E-state index contributed by atoms with van der Waals surface area (Å²) in [4.78, 5) is 26.3. The van der Waals surface area contributed by atoms with E-state index >= 15 is 0 Å². The lowest BCUT2D eigenvalue weighted by molar-refractivity contribution is 0.175. The van der Waals surface area contributed by atoms with Crippen molar-refractivity contribution in [3.63, 3.8) is 0 Å². The number of rotatable bonds is 2. The Balaban J connectivity index is 1.75. The van der Waals surface area contributed by atoms with Gasteiger partial charge in [-0.1, -0.05) is 11.6 Å². The lowest BCUT2D eigenvalue weighted by Crippen LogP contribution is -2.49. The first-order valence-corrected chi connectivity index (χ1v) is 7.67. The Kier molecular flexibility index (Phi) is 4.03. The van der Waals surface area contributed by atoms with Crippen molar-refractivity contribution in [1.82, 2.24) is 19.8 Å². The average Bonchev–Trinajstić information content (AvgIpc) is 2.87. The van der Waals surface area contributed by atoms with Crippen molar-refractivity contribution in [2.24, 2.45) is 0 Å². The monoisotopic (exact) mass is 320 g/mol. The number of hydrogen-bond acceptors (Lipinski definition) is 5. The van der Waals surface area contributed by atoms with Crippen molar-refractivity contribution in [3.05, 3.63) is 16.9 Å². The van der Waals surface area contributed by atoms with Gasteiger partial charge in [0.05, 0.1) is 12.2 Å². The van der Waals surface area contributed by atoms with Crippen molar-refractivity contribution < 1.29 is 4.79 Å². The largest absolute Gasteiger partial charge is 0.339 e. The Morgan fingerprint density at radius 2 is 2.23 bits per heavy atom. The highest BCUT2D eigenvalue weighted by atomic mass is 35.5. The van der Waals surface area contributed by atoms with Crippen LogP contribution in [0.25, 0.3) is 0 Å². The molecule has 0 bridgehead atoms. The fourth-order valence-electron chi connectivity index (χ4n) is 2.98. The van der Waals surface area contributed by atoms with E-state index in [2.05, 4.69) is 9.97 Å². The van der Waals surface area contributed by atoms with Gasteiger partial charge in [0.2, 0.25) is 5.95 Å². The molecule has 0 spiro atoms. The minimum atomic E-state index is 0.0885. The second-order valence-corrected chi connectivity index (χ2v) is 5.98. The number of hydrogen-bond donors (Lipinski definition) is 0. The van der Waals surface area contributed by atoms with Gasteiger partial charge in [0, 0.05) is 33.2 Å². The van der Waals surface area contributed by atoms with Gasteiger partial charge >= 0.3 is 6.03 Å². The van der Waals surface area contributed by atoms with Crippen LogP contribution in [-0.4, -0.2) is 65.1 Å². The van der Waals surface area contributed by atoms with Crippen LogP contribution in [0.2, 0.25) is 5.15 Å². The number of aromatic nitrogens is 2. The van der Waals surface area contributed by atoms with Crippen molar-refractivity contribution in [2.45, 2.75) is 18.9 Å². The van der Waals surface area contributed by atoms with E-state index in [1.54, 1.807) is 4.90 Å². The Bertz CT molecular complexity index is 630. The fourth-order valence-corrected chi connectivity index (χ4v) is 3.14. The number of halogens is 1. The molecular weight excluding hydrogens is 304 g/mol. The third-order valence-corrected chi connectivity index (χ3v) is 4.51. The van der Waals surface area contributed by atoms with Crippen molar-refractivity contribution in [1.29, 1.82) is 5.26 Å². The van der Waals surface area contributed by atoms with Crippen LogP contribution in [0.4, 0.5) is 10.7 Å². The first kappa shape index (κ1) is 14.9. The molecule has 1 unspecified atom stereocenters. The summed E-state index contributed by atoms with van der Waals surface area (Å²) in [6.45, 7) is 3.07. The number of amides is 2. The molecule has 2 aliphatic heterocycles. The van der Waals surface area contributed by atoms with Crippen LogP contribution in [0.5, 0.6) is 0 Å². The molecule has 0 N–H and O–H groups in total. The predicted octanol–water partition coefficient (Wildman–Crippen LogP) is 1.34. The zero-order valence-electron chi connectivity index (χ0n) is 12.4. The van der Waals surface area contributed by atoms with Crippen LogP contribution >= 0.6 is 11.6 Å². The van der Waals surface area contributed by atoms with Gasteiger partial charge in [0.1, 0.15) is 11.6 Å². The van der Waals surface area contributed by atoms with Crippen molar-refractivity contribution in [2.75, 3.05) is 38.1 Å². The summed E-state index contributed by atoms with van der Waals surface area (Å²) in [5.74, 6) is 0.522. The topological polar surface area (TPSA) is 76.4 Å². The van der Waals surface area contributed by atoms with Crippen LogP contribution in [-0.2, 0) is 0 Å². The summed E-state index contributed by atoms with van der Waals surface area (Å²) < 4.78 is 0. The summed E-state index contributed by atoms with van der Waals surface area (Å²) in [7, 11) is 1.83. The van der Waals surface area contributed by atoms with Crippen LogP contribution in [0.15, 0.2) is 6.20 Å². The van der Waals surface area contributed by atoms with E-state index in [-0.39, 0.29) is 22.8 Å². The third-order valence-electron chi connectivity index (χ3n) is 4.22. The first-order valence-electron chi connectivity index (χ1n) is 7.29. The quantitative estimate of drug-likeness (QED) is 0.769. The number of nitriles is 1. The molecule has 116 valence electrons. The van der Waals surface area contributed by atoms with E-state index in [0.717, 1.165) is 32.5 Å². The zero-order chi connectivity index (χ0) is 15.7. The average molecular weight is 321 g/mol. The summed E-state index contributed by atoms with van der Waals surface area (Å²) in [6, 6.07) is 2.21. The molecule has 2 aliphatic rings. The maximum atomic E-state index is 12.1. The lowest BCUT2D eigenvalue weighted by Gasteiger charge is -2.37. The molecule has 0 aliphatic carbocycles. The minimum absolute atomic E-state index is 0.0885. The lowest BCUT2D eigenvalue weighted by atomic mass is 10.0. The molecule has 7 nitrogen and oxygen atoms in total. The van der Waals surface area contributed by atoms with Gasteiger partial charge in [-0.05, 0) is 12.8 Å². The summed E-state index contributed by atoms with van der Waals surface area (Å²) in [6.07, 6.45) is 3.41. The van der Waals surface area contributed by atoms with E-state index in [9.17, 15) is 4.79 Å². The second-order valence-electron chi connectivity index (χ2n) is 5.63. The van der Waals surface area contributed by atoms with Gasteiger partial charge in [-0.25, -0.2) is 9.78 Å². The van der Waals surface area contributed by atoms with Gasteiger partial charge in [-0.3, -0.25) is 0 Å². The summed E-state index contributed by atoms with van der Waals surface area (Å²) in [5.41, 5.74) is 0.273. The SMILES string of the molecule is CN1CCN(C2CCCN(c3ncc(C#N)c(Cl)n3)C2)C1=O. The maximum Gasteiger partial charge on any atom is 0.320 e. The normalized spacial score (nSPS) is 22.1. The highest BCUT2D eigenvalue weighted by Gasteiger charge is 2.34. The molecule has 0 saturated carbocycles. The van der Waals surface area contributed by atoms with Crippen molar-refractivity contribution >= 4 is 23.6 Å². The zero-order valence-corrected chi connectivity index (χ0v) is 13.1. The van der Waals surface area contributed by atoms with E-state index in [0.29, 0.717) is 12.5 Å². The van der Waals surface area contributed by atoms with E-state index in [1.807, 2.05) is 22.9 Å². The smallest absolute Gasteiger partial charge is 0.320 e. The highest BCUT2D eigenvalue weighted by Crippen LogP contribution is 2.23. The van der Waals surface area contributed by atoms with Crippen LogP contribution in [0.3, 0.4) is 0 Å². The van der Waals surface area contributed by atoms with Crippen LogP contribution in [0.1, 0.15) is 18.4 Å². The number of anilines is 1. The molecule has 2 fully saturated rings. The molecule has 0 radical (unpaired) electrons. The fraction of sp³-hybridized carbons (Fsp3) is 0.571. The summed E-state index contributed by atoms with van der Waals surface area (Å²) in [5, 5.41) is 9.06. The van der Waals surface area contributed by atoms with Gasteiger partial charge in [0.25, 0.3) is 0 Å². The number of carbonyl (C=O) groups excluding carboxylic acids is 1. The van der Waals surface area contributed by atoms with Crippen LogP contribution < -0.4 is 4.90 Å². The summed E-state index contributed by atoms with van der Waals surface area (Å²) >= 11 is 5.98. The van der Waals surface area contributed by atoms with E-state index in [4.69, 9.17) is 16.9 Å². The highest BCUT2D eigenvalue weighted by molar-refractivity contribution is 6.30. The molecule has 3 heterocycles. The second kappa shape index (κ2) is 5.97. The molecule has 22 heavy (non-hydrogen) atoms. The number of carbonyl (C=O) groups is 1. The van der Waals surface area contributed by atoms with Crippen molar-refractivity contribution in [3.8, 4) is 6.07 Å². The van der Waals surface area contributed by atoms with Gasteiger partial charge in [-0.15, -0.1) is 0 Å². The first-order chi connectivity index (χ1) is 10.6. The molecule has 2 amide bonds. The number of urea groups is 1. The number of likely N-dealkylation sites (N-methyl/N-ethyl adjacent to an activating group) is 1. The predicted molar refractivity (Wildman–Crippen MR) is 81.7 cm³/mol. The molecule has 1 atom stereocenters. The molecule has 1 aromatic rings. The van der Waals surface area contributed by atoms with E-state index in [1.165, 1.54) is 6.20 Å². The molecule has 1 aromatic heterocycles. The Labute approximate surface area is 134 Å². The number of piperidine rings is 1. The minimum Gasteiger partial charge on any atom is -0.339 e. The Hall–Kier alpha value is -2.07. The Morgan fingerprint density at radius 1 is 1.41 bits per heavy atom. The van der Waals surface area contributed by atoms with Gasteiger partial charge in [-0.2, -0.15) is 10.2 Å². The van der Waals surface area contributed by atoms with Crippen LogP contribution in [0, 0.1) is 11.3 Å². The molecule has 3 rings (SSSR count). The van der Waals surface area contributed by atoms with Gasteiger partial charge in [0.15, 0.2) is 5.15 Å². The maximum absolute atomic E-state index is 12.1. The molecule has 0 aromatic carbocycles. The standard InChI is InChI=1S/C14H17ClN6O/c1-19-5-6-21(14(19)22)11-3-2-4-20(9-11)13-17-8-10(7-16)12(15)18-13/h8,11H,2-6,9H2,1H3. The number of nitrogens with zero attached hydrogens (tertiary/aromatic N) is 6. The molecular formula is C14H17ClN6O. The third kappa shape index (κ3) is 2.66. The molecule has 2 saturated heterocycles. The van der Waals surface area contributed by atoms with Gasteiger partial charge < -0.3 is 14.7 Å². The van der Waals surface area contributed by atoms with E-state index < -0.39 is 0 Å². The molecule has 8 heteroatoms.